The summed E-state index contributed by atoms with van der Waals surface area (Å²) in [5, 5.41) is 4.20. The van der Waals surface area contributed by atoms with Crippen molar-refractivity contribution in [2.75, 3.05) is 13.2 Å². The van der Waals surface area contributed by atoms with Crippen LogP contribution in [-0.2, 0) is 11.4 Å². The van der Waals surface area contributed by atoms with Crippen molar-refractivity contribution < 1.29 is 13.5 Å². The summed E-state index contributed by atoms with van der Waals surface area (Å²) in [6, 6.07) is 5.88. The lowest BCUT2D eigenvalue weighted by atomic mass is 10.2. The third kappa shape index (κ3) is 3.10. The van der Waals surface area contributed by atoms with Gasteiger partial charge in [0, 0.05) is 18.2 Å². The summed E-state index contributed by atoms with van der Waals surface area (Å²) in [6.45, 7) is 5.73. The summed E-state index contributed by atoms with van der Waals surface area (Å²) in [5.74, 6) is -0.675. The van der Waals surface area contributed by atoms with E-state index in [-0.39, 0.29) is 23.9 Å². The minimum Gasteiger partial charge on any atom is -0.388 e. The van der Waals surface area contributed by atoms with Gasteiger partial charge in [0.2, 0.25) is 5.89 Å². The topological polar surface area (TPSA) is 60.5 Å². The highest BCUT2D eigenvalue weighted by molar-refractivity contribution is 5.51. The SMILES string of the molecule is C[C@@H]1CN(Cn2nc(-c3ccc(F)cc3)oc2=O)[C@H](C)CO1. The average molecular weight is 307 g/mol. The molecule has 1 fully saturated rings. The molecule has 3 rings (SSSR count). The lowest BCUT2D eigenvalue weighted by Gasteiger charge is -2.36. The Labute approximate surface area is 127 Å². The van der Waals surface area contributed by atoms with Crippen LogP contribution in [0.15, 0.2) is 33.5 Å². The summed E-state index contributed by atoms with van der Waals surface area (Å²) in [4.78, 5) is 14.1. The first-order valence-electron chi connectivity index (χ1n) is 7.22. The zero-order valence-corrected chi connectivity index (χ0v) is 12.5. The monoisotopic (exact) mass is 307 g/mol. The minimum absolute atomic E-state index is 0.121. The Morgan fingerprint density at radius 3 is 2.77 bits per heavy atom. The van der Waals surface area contributed by atoms with Crippen molar-refractivity contribution in [2.45, 2.75) is 32.7 Å². The molecule has 2 atom stereocenters. The zero-order chi connectivity index (χ0) is 15.7. The highest BCUT2D eigenvalue weighted by atomic mass is 19.1. The quantitative estimate of drug-likeness (QED) is 0.864. The number of ether oxygens (including phenoxy) is 1. The molecule has 1 aliphatic heterocycles. The second-order valence-corrected chi connectivity index (χ2v) is 5.59. The van der Waals surface area contributed by atoms with Crippen LogP contribution < -0.4 is 5.76 Å². The molecule has 0 unspecified atom stereocenters. The van der Waals surface area contributed by atoms with Gasteiger partial charge in [-0.3, -0.25) is 4.90 Å². The number of benzene rings is 1. The van der Waals surface area contributed by atoms with Gasteiger partial charge in [0.1, 0.15) is 12.5 Å². The van der Waals surface area contributed by atoms with Crippen molar-refractivity contribution in [3.63, 3.8) is 0 Å². The van der Waals surface area contributed by atoms with Crippen LogP contribution in [0.5, 0.6) is 0 Å². The Balaban J connectivity index is 1.80. The van der Waals surface area contributed by atoms with Gasteiger partial charge in [-0.25, -0.2) is 9.18 Å². The van der Waals surface area contributed by atoms with Gasteiger partial charge in [-0.05, 0) is 38.1 Å². The third-order valence-electron chi connectivity index (χ3n) is 3.75. The number of halogens is 1. The van der Waals surface area contributed by atoms with Crippen molar-refractivity contribution in [1.82, 2.24) is 14.7 Å². The number of hydrogen-bond donors (Lipinski definition) is 0. The number of aromatic nitrogens is 2. The zero-order valence-electron chi connectivity index (χ0n) is 12.5. The standard InChI is InChI=1S/C15H18FN3O3/c1-10-8-21-11(2)7-18(10)9-19-15(20)22-14(17-19)12-3-5-13(16)6-4-12/h3-6,10-11H,7-9H2,1-2H3/t10-,11-/m1/s1. The molecule has 6 nitrogen and oxygen atoms in total. The van der Waals surface area contributed by atoms with E-state index in [2.05, 4.69) is 10.00 Å². The fraction of sp³-hybridized carbons (Fsp3) is 0.467. The summed E-state index contributed by atoms with van der Waals surface area (Å²) in [6.07, 6.45) is 0.121. The molecule has 22 heavy (non-hydrogen) atoms. The number of morpholine rings is 1. The highest BCUT2D eigenvalue weighted by Crippen LogP contribution is 2.16. The highest BCUT2D eigenvalue weighted by Gasteiger charge is 2.25. The van der Waals surface area contributed by atoms with E-state index < -0.39 is 5.76 Å². The maximum Gasteiger partial charge on any atom is 0.438 e. The molecular weight excluding hydrogens is 289 g/mol. The molecule has 0 amide bonds. The second-order valence-electron chi connectivity index (χ2n) is 5.59. The Morgan fingerprint density at radius 1 is 1.32 bits per heavy atom. The second kappa shape index (κ2) is 6.02. The van der Waals surface area contributed by atoms with E-state index in [0.717, 1.165) is 6.54 Å². The summed E-state index contributed by atoms with van der Waals surface area (Å²) >= 11 is 0. The fourth-order valence-electron chi connectivity index (χ4n) is 2.45. The molecule has 1 aliphatic rings. The van der Waals surface area contributed by atoms with Crippen LogP contribution >= 0.6 is 0 Å². The van der Waals surface area contributed by atoms with E-state index in [1.165, 1.54) is 28.9 Å². The predicted octanol–water partition coefficient (Wildman–Crippen LogP) is 1.71. The van der Waals surface area contributed by atoms with Crippen LogP contribution in [0.1, 0.15) is 13.8 Å². The molecule has 0 bridgehead atoms. The van der Waals surface area contributed by atoms with E-state index in [1.54, 1.807) is 0 Å². The van der Waals surface area contributed by atoms with E-state index in [9.17, 15) is 9.18 Å². The lowest BCUT2D eigenvalue weighted by molar-refractivity contribution is -0.0629. The maximum absolute atomic E-state index is 12.9. The van der Waals surface area contributed by atoms with E-state index >= 15 is 0 Å². The maximum atomic E-state index is 12.9. The molecule has 0 spiro atoms. The molecule has 0 N–H and O–H groups in total. The Hall–Kier alpha value is -1.99. The molecule has 2 heterocycles. The van der Waals surface area contributed by atoms with Crippen LogP contribution in [0, 0.1) is 5.82 Å². The molecule has 0 saturated carbocycles. The molecule has 0 radical (unpaired) electrons. The van der Waals surface area contributed by atoms with Gasteiger partial charge >= 0.3 is 5.76 Å². The first-order chi connectivity index (χ1) is 10.5. The van der Waals surface area contributed by atoms with Gasteiger partial charge in [0.15, 0.2) is 0 Å². The molecule has 2 aromatic rings. The molecule has 1 aromatic carbocycles. The first-order valence-corrected chi connectivity index (χ1v) is 7.22. The normalized spacial score (nSPS) is 22.9. The molecule has 1 saturated heterocycles. The average Bonchev–Trinajstić information content (AvgIpc) is 2.85. The minimum atomic E-state index is -0.523. The first kappa shape index (κ1) is 14.9. The van der Waals surface area contributed by atoms with Crippen molar-refractivity contribution in [3.05, 3.63) is 40.6 Å². The molecular formula is C15H18FN3O3. The number of rotatable bonds is 3. The molecule has 1 aromatic heterocycles. The molecule has 7 heteroatoms. The summed E-state index contributed by atoms with van der Waals surface area (Å²) < 4.78 is 24.9. The third-order valence-corrected chi connectivity index (χ3v) is 3.75. The number of nitrogens with zero attached hydrogens (tertiary/aromatic N) is 3. The van der Waals surface area contributed by atoms with Crippen LogP contribution in [0.3, 0.4) is 0 Å². The molecule has 0 aliphatic carbocycles. The van der Waals surface area contributed by atoms with Gasteiger partial charge in [0.25, 0.3) is 0 Å². The Morgan fingerprint density at radius 2 is 2.05 bits per heavy atom. The fourth-order valence-corrected chi connectivity index (χ4v) is 2.45. The van der Waals surface area contributed by atoms with Crippen molar-refractivity contribution >= 4 is 0 Å². The van der Waals surface area contributed by atoms with Crippen molar-refractivity contribution in [1.29, 1.82) is 0 Å². The largest absolute Gasteiger partial charge is 0.438 e. The lowest BCUT2D eigenvalue weighted by Crippen LogP contribution is -2.48. The van der Waals surface area contributed by atoms with E-state index in [0.29, 0.717) is 18.8 Å². The van der Waals surface area contributed by atoms with Crippen molar-refractivity contribution in [2.24, 2.45) is 0 Å². The summed E-state index contributed by atoms with van der Waals surface area (Å²) in [7, 11) is 0. The van der Waals surface area contributed by atoms with Gasteiger partial charge in [-0.1, -0.05) is 0 Å². The summed E-state index contributed by atoms with van der Waals surface area (Å²) in [5.41, 5.74) is 0.570. The van der Waals surface area contributed by atoms with Crippen LogP contribution in [0.2, 0.25) is 0 Å². The molecule has 118 valence electrons. The van der Waals surface area contributed by atoms with Gasteiger partial charge < -0.3 is 9.15 Å². The van der Waals surface area contributed by atoms with Crippen molar-refractivity contribution in [3.8, 4) is 11.5 Å². The van der Waals surface area contributed by atoms with Gasteiger partial charge in [-0.15, -0.1) is 5.10 Å². The number of hydrogen-bond acceptors (Lipinski definition) is 5. The smallest absolute Gasteiger partial charge is 0.388 e. The van der Waals surface area contributed by atoms with E-state index in [1.807, 2.05) is 13.8 Å². The Bertz CT molecular complexity index is 695. The van der Waals surface area contributed by atoms with Crippen LogP contribution in [-0.4, -0.2) is 40.0 Å². The van der Waals surface area contributed by atoms with Crippen LogP contribution in [0.25, 0.3) is 11.5 Å². The van der Waals surface area contributed by atoms with Gasteiger partial charge in [-0.2, -0.15) is 4.68 Å². The Kier molecular flexibility index (Phi) is 4.08. The van der Waals surface area contributed by atoms with Gasteiger partial charge in [0.05, 0.1) is 12.7 Å². The van der Waals surface area contributed by atoms with Crippen LogP contribution in [0.4, 0.5) is 4.39 Å². The predicted molar refractivity (Wildman–Crippen MR) is 77.7 cm³/mol. The van der Waals surface area contributed by atoms with E-state index in [4.69, 9.17) is 9.15 Å².